The Morgan fingerprint density at radius 3 is 2.55 bits per heavy atom. The van der Waals surface area contributed by atoms with Gasteiger partial charge in [-0.3, -0.25) is 4.79 Å². The van der Waals surface area contributed by atoms with Gasteiger partial charge in [0.15, 0.2) is 0 Å². The van der Waals surface area contributed by atoms with E-state index in [2.05, 4.69) is 11.9 Å². The summed E-state index contributed by atoms with van der Waals surface area (Å²) in [7, 11) is -3.30. The third-order valence-electron chi connectivity index (χ3n) is 3.22. The van der Waals surface area contributed by atoms with Gasteiger partial charge in [-0.2, -0.15) is 0 Å². The number of hydrogen-bond donors (Lipinski definition) is 1. The fraction of sp³-hybridized carbons (Fsp3) is 0.438. The first-order valence-corrected chi connectivity index (χ1v) is 9.15. The number of hydrogen-bond acceptors (Lipinski definition) is 3. The van der Waals surface area contributed by atoms with Crippen LogP contribution in [0, 0.1) is 0 Å². The smallest absolute Gasteiger partial charge is 0.221 e. The average molecular weight is 324 g/mol. The maximum atomic E-state index is 11.8. The summed E-state index contributed by atoms with van der Waals surface area (Å²) in [6.45, 7) is 4.53. The zero-order valence-electron chi connectivity index (χ0n) is 13.0. The lowest BCUT2D eigenvalue weighted by Gasteiger charge is -2.19. The zero-order valence-corrected chi connectivity index (χ0v) is 13.8. The van der Waals surface area contributed by atoms with E-state index in [4.69, 9.17) is 0 Å². The molecule has 1 amide bonds. The summed E-state index contributed by atoms with van der Waals surface area (Å²) in [6.07, 6.45) is 4.47. The van der Waals surface area contributed by atoms with E-state index in [0.29, 0.717) is 13.1 Å². The van der Waals surface area contributed by atoms with E-state index in [9.17, 15) is 13.2 Å². The fourth-order valence-electron chi connectivity index (χ4n) is 2.05. The molecule has 0 fully saturated rings. The minimum Gasteiger partial charge on any atom is -0.353 e. The van der Waals surface area contributed by atoms with Crippen LogP contribution in [0.25, 0.3) is 0 Å². The molecule has 0 aromatic heterocycles. The highest BCUT2D eigenvalue weighted by atomic mass is 32.2. The highest BCUT2D eigenvalue weighted by Gasteiger charge is 2.17. The molecule has 0 heterocycles. The number of aryl methyl sites for hydroxylation is 1. The Bertz CT molecular complexity index is 570. The minimum atomic E-state index is -3.30. The summed E-state index contributed by atoms with van der Waals surface area (Å²) >= 11 is 0. The van der Waals surface area contributed by atoms with Gasteiger partial charge in [0.2, 0.25) is 15.9 Å². The van der Waals surface area contributed by atoms with E-state index >= 15 is 0 Å². The van der Waals surface area contributed by atoms with Gasteiger partial charge >= 0.3 is 0 Å². The van der Waals surface area contributed by atoms with Crippen molar-refractivity contribution in [3.05, 3.63) is 48.6 Å². The van der Waals surface area contributed by atoms with Gasteiger partial charge in [-0.15, -0.1) is 6.58 Å². The van der Waals surface area contributed by atoms with Crippen molar-refractivity contribution in [2.75, 3.05) is 25.9 Å². The maximum Gasteiger partial charge on any atom is 0.221 e. The molecule has 0 aliphatic rings. The summed E-state index contributed by atoms with van der Waals surface area (Å²) in [6, 6.07) is 9.93. The van der Waals surface area contributed by atoms with Gasteiger partial charge < -0.3 is 5.32 Å². The number of carbonyl (C=O) groups is 1. The lowest BCUT2D eigenvalue weighted by Crippen LogP contribution is -2.35. The average Bonchev–Trinajstić information content (AvgIpc) is 2.48. The molecule has 0 unspecified atom stereocenters. The molecule has 0 saturated heterocycles. The van der Waals surface area contributed by atoms with Crippen molar-refractivity contribution in [1.82, 2.24) is 9.62 Å². The van der Waals surface area contributed by atoms with Gasteiger partial charge in [-0.25, -0.2) is 12.7 Å². The van der Waals surface area contributed by atoms with Gasteiger partial charge in [0.25, 0.3) is 0 Å². The molecule has 122 valence electrons. The number of benzene rings is 1. The van der Waals surface area contributed by atoms with Crippen LogP contribution in [-0.2, 0) is 21.2 Å². The lowest BCUT2D eigenvalue weighted by atomic mass is 10.1. The molecule has 1 N–H and O–H groups in total. The largest absolute Gasteiger partial charge is 0.353 e. The molecule has 22 heavy (non-hydrogen) atoms. The molecule has 0 aliphatic heterocycles. The van der Waals surface area contributed by atoms with E-state index in [0.717, 1.165) is 12.8 Å². The zero-order chi connectivity index (χ0) is 16.4. The van der Waals surface area contributed by atoms with Crippen molar-refractivity contribution >= 4 is 15.9 Å². The molecule has 1 aromatic rings. The Morgan fingerprint density at radius 1 is 1.27 bits per heavy atom. The first-order valence-electron chi connectivity index (χ1n) is 7.30. The van der Waals surface area contributed by atoms with Crippen LogP contribution < -0.4 is 5.32 Å². The molecule has 1 aromatic carbocycles. The number of carbonyl (C=O) groups excluding carboxylic acids is 1. The first-order chi connectivity index (χ1) is 10.4. The van der Waals surface area contributed by atoms with Gasteiger partial charge in [0.1, 0.15) is 0 Å². The molecule has 0 spiro atoms. The highest BCUT2D eigenvalue weighted by molar-refractivity contribution is 7.88. The molecule has 6 heteroatoms. The number of nitrogens with one attached hydrogen (secondary N) is 1. The predicted octanol–water partition coefficient (Wildman–Crippen LogP) is 1.57. The van der Waals surface area contributed by atoms with Crippen LogP contribution in [-0.4, -0.2) is 44.5 Å². The SMILES string of the molecule is C=CCNC(=O)CCN(CCCc1ccccc1)S(C)(=O)=O. The molecule has 5 nitrogen and oxygen atoms in total. The molecule has 0 atom stereocenters. The summed E-state index contributed by atoms with van der Waals surface area (Å²) in [5, 5.41) is 2.64. The molecular formula is C16H24N2O3S. The van der Waals surface area contributed by atoms with Gasteiger partial charge in [0, 0.05) is 26.1 Å². The highest BCUT2D eigenvalue weighted by Crippen LogP contribution is 2.06. The van der Waals surface area contributed by atoms with Gasteiger partial charge in [-0.05, 0) is 18.4 Å². The Hall–Kier alpha value is -1.66. The number of rotatable bonds is 10. The maximum absolute atomic E-state index is 11.8. The van der Waals surface area contributed by atoms with Crippen molar-refractivity contribution in [1.29, 1.82) is 0 Å². The fourth-order valence-corrected chi connectivity index (χ4v) is 2.93. The third-order valence-corrected chi connectivity index (χ3v) is 4.52. The number of nitrogens with zero attached hydrogens (tertiary/aromatic N) is 1. The van der Waals surface area contributed by atoms with Crippen molar-refractivity contribution in [3.63, 3.8) is 0 Å². The topological polar surface area (TPSA) is 66.5 Å². The second-order valence-corrected chi connectivity index (χ2v) is 7.08. The van der Waals surface area contributed by atoms with Crippen molar-refractivity contribution < 1.29 is 13.2 Å². The third kappa shape index (κ3) is 7.38. The molecule has 0 saturated carbocycles. The lowest BCUT2D eigenvalue weighted by molar-refractivity contribution is -0.121. The van der Waals surface area contributed by atoms with Gasteiger partial charge in [0.05, 0.1) is 6.26 Å². The Kier molecular flexibility index (Phi) is 7.84. The Labute approximate surface area is 133 Å². The van der Waals surface area contributed by atoms with Gasteiger partial charge in [-0.1, -0.05) is 36.4 Å². The number of sulfonamides is 1. The second-order valence-electron chi connectivity index (χ2n) is 5.09. The Balaban J connectivity index is 2.44. The van der Waals surface area contributed by atoms with E-state index < -0.39 is 10.0 Å². The molecule has 0 radical (unpaired) electrons. The van der Waals surface area contributed by atoms with Crippen molar-refractivity contribution in [3.8, 4) is 0 Å². The minimum absolute atomic E-state index is 0.159. The van der Waals surface area contributed by atoms with Crippen LogP contribution in [0.15, 0.2) is 43.0 Å². The normalized spacial score (nSPS) is 11.4. The van der Waals surface area contributed by atoms with Crippen molar-refractivity contribution in [2.24, 2.45) is 0 Å². The number of amides is 1. The van der Waals surface area contributed by atoms with Crippen LogP contribution in [0.2, 0.25) is 0 Å². The summed E-state index contributed by atoms with van der Waals surface area (Å²) < 4.78 is 24.9. The van der Waals surface area contributed by atoms with Crippen LogP contribution in [0.4, 0.5) is 0 Å². The second kappa shape index (κ2) is 9.38. The van der Waals surface area contributed by atoms with E-state index in [1.165, 1.54) is 16.1 Å². The monoisotopic (exact) mass is 324 g/mol. The summed E-state index contributed by atoms with van der Waals surface area (Å²) in [5.41, 5.74) is 1.18. The van der Waals surface area contributed by atoms with Crippen LogP contribution >= 0.6 is 0 Å². The van der Waals surface area contributed by atoms with E-state index in [-0.39, 0.29) is 18.9 Å². The quantitative estimate of drug-likeness (QED) is 0.664. The Morgan fingerprint density at radius 2 is 1.95 bits per heavy atom. The molecular weight excluding hydrogens is 300 g/mol. The van der Waals surface area contributed by atoms with E-state index in [1.54, 1.807) is 6.08 Å². The van der Waals surface area contributed by atoms with Crippen molar-refractivity contribution in [2.45, 2.75) is 19.3 Å². The molecule has 1 rings (SSSR count). The van der Waals surface area contributed by atoms with Crippen LogP contribution in [0.3, 0.4) is 0 Å². The molecule has 0 bridgehead atoms. The predicted molar refractivity (Wildman–Crippen MR) is 89.0 cm³/mol. The van der Waals surface area contributed by atoms with Crippen LogP contribution in [0.1, 0.15) is 18.4 Å². The van der Waals surface area contributed by atoms with Crippen LogP contribution in [0.5, 0.6) is 0 Å². The summed E-state index contributed by atoms with van der Waals surface area (Å²) in [4.78, 5) is 11.5. The standard InChI is InChI=1S/C16H24N2O3S/c1-3-12-17-16(19)11-14-18(22(2,20)21)13-7-10-15-8-5-4-6-9-15/h3-6,8-9H,1,7,10-14H2,2H3,(H,17,19). The first kappa shape index (κ1) is 18.4. The molecule has 0 aliphatic carbocycles. The summed E-state index contributed by atoms with van der Waals surface area (Å²) in [5.74, 6) is -0.170. The van der Waals surface area contributed by atoms with E-state index in [1.807, 2.05) is 30.3 Å².